The molecular weight excluding hydrogens is 582 g/mol. The fraction of sp³-hybridized carbons (Fsp3) is 0.0526. The lowest BCUT2D eigenvalue weighted by atomic mass is 10.0. The molecule has 0 saturated carbocycles. The van der Waals surface area contributed by atoms with Gasteiger partial charge in [0, 0.05) is 11.1 Å². The summed E-state index contributed by atoms with van der Waals surface area (Å²) >= 11 is 0. The second-order valence-electron chi connectivity index (χ2n) is 10.1. The lowest BCUT2D eigenvalue weighted by Crippen LogP contribution is -2.26. The molecule has 0 aliphatic carbocycles. The normalized spacial score (nSPS) is 11.1. The number of benzene rings is 6. The highest BCUT2D eigenvalue weighted by atomic mass is 31.1. The van der Waals surface area contributed by atoms with Crippen LogP contribution in [-0.4, -0.2) is 24.4 Å². The molecule has 218 valence electrons. The summed E-state index contributed by atoms with van der Waals surface area (Å²) in [6.07, 6.45) is 0. The minimum absolute atomic E-state index is 0.212. The highest BCUT2D eigenvalue weighted by Gasteiger charge is 2.29. The van der Waals surface area contributed by atoms with E-state index in [4.69, 9.17) is 9.47 Å². The summed E-state index contributed by atoms with van der Waals surface area (Å²) in [4.78, 5) is 0. The number of aromatic hydroxyl groups is 2. The molecule has 6 aromatic rings. The van der Waals surface area contributed by atoms with Crippen LogP contribution < -0.4 is 41.3 Å². The second kappa shape index (κ2) is 13.3. The Morgan fingerprint density at radius 3 is 1.07 bits per heavy atom. The summed E-state index contributed by atoms with van der Waals surface area (Å²) in [6, 6.07) is 48.6. The molecule has 0 unspecified atom stereocenters. The number of rotatable bonds is 9. The Hall–Kier alpha value is -4.62. The van der Waals surface area contributed by atoms with E-state index >= 15 is 0 Å². The van der Waals surface area contributed by atoms with Gasteiger partial charge in [-0.2, -0.15) is 0 Å². The van der Waals surface area contributed by atoms with Crippen LogP contribution in [0.25, 0.3) is 11.1 Å². The summed E-state index contributed by atoms with van der Waals surface area (Å²) in [7, 11) is 1.30. The molecule has 0 aliphatic rings. The zero-order valence-electron chi connectivity index (χ0n) is 24.5. The van der Waals surface area contributed by atoms with Gasteiger partial charge in [0.15, 0.2) is 0 Å². The summed E-state index contributed by atoms with van der Waals surface area (Å²) in [6.45, 7) is 0. The van der Waals surface area contributed by atoms with Gasteiger partial charge in [-0.25, -0.2) is 0 Å². The molecule has 4 nitrogen and oxygen atoms in total. The molecule has 44 heavy (non-hydrogen) atoms. The van der Waals surface area contributed by atoms with Crippen molar-refractivity contribution in [1.29, 1.82) is 0 Å². The minimum Gasteiger partial charge on any atom is -0.508 e. The van der Waals surface area contributed by atoms with Crippen molar-refractivity contribution in [2.45, 2.75) is 0 Å². The molecule has 0 aromatic heterocycles. The maximum atomic E-state index is 10.2. The Labute approximate surface area is 260 Å². The van der Waals surface area contributed by atoms with Gasteiger partial charge in [0.1, 0.15) is 23.0 Å². The standard InChI is InChI=1S/C38H32O4P2/c1-41-33-15-9-17-35(43(29-11-5-3-6-12-29)30-13-7-4-8-14-30)37(33)38-34(42-2)16-10-18-36(38)44(31-23-19-27(39)20-24-31)32-25-21-28(40)22-26-32/h3-26,39-40H,1-2H3. The van der Waals surface area contributed by atoms with Crippen LogP contribution in [0.1, 0.15) is 0 Å². The molecule has 0 spiro atoms. The van der Waals surface area contributed by atoms with Crippen LogP contribution in [0.15, 0.2) is 146 Å². The average molecular weight is 615 g/mol. The lowest BCUT2D eigenvalue weighted by Gasteiger charge is -2.28. The average Bonchev–Trinajstić information content (AvgIpc) is 3.07. The van der Waals surface area contributed by atoms with E-state index in [1.807, 2.05) is 42.5 Å². The fourth-order valence-corrected chi connectivity index (χ4v) is 10.4. The third kappa shape index (κ3) is 5.92. The van der Waals surface area contributed by atoms with Crippen molar-refractivity contribution in [1.82, 2.24) is 0 Å². The molecule has 2 N–H and O–H groups in total. The van der Waals surface area contributed by atoms with Crippen LogP contribution in [-0.2, 0) is 0 Å². The van der Waals surface area contributed by atoms with Crippen molar-refractivity contribution >= 4 is 47.7 Å². The molecule has 0 saturated heterocycles. The maximum Gasteiger partial charge on any atom is 0.127 e. The van der Waals surface area contributed by atoms with Gasteiger partial charge in [-0.15, -0.1) is 0 Å². The Bertz CT molecular complexity index is 1760. The van der Waals surface area contributed by atoms with Crippen LogP contribution in [0.5, 0.6) is 23.0 Å². The zero-order valence-corrected chi connectivity index (χ0v) is 26.3. The van der Waals surface area contributed by atoms with E-state index in [9.17, 15) is 10.2 Å². The molecule has 0 heterocycles. The first-order valence-electron chi connectivity index (χ1n) is 14.2. The SMILES string of the molecule is COc1cccc(P(c2ccccc2)c2ccccc2)c1-c1c(OC)cccc1P(c1ccc(O)cc1)c1ccc(O)cc1. The Balaban J connectivity index is 1.69. The highest BCUT2D eigenvalue weighted by Crippen LogP contribution is 2.47. The second-order valence-corrected chi connectivity index (χ2v) is 14.5. The topological polar surface area (TPSA) is 58.9 Å². The number of hydrogen-bond donors (Lipinski definition) is 2. The lowest BCUT2D eigenvalue weighted by molar-refractivity contribution is 0.411. The van der Waals surface area contributed by atoms with Gasteiger partial charge in [0.25, 0.3) is 0 Å². The van der Waals surface area contributed by atoms with Gasteiger partial charge in [-0.1, -0.05) is 109 Å². The first-order valence-corrected chi connectivity index (χ1v) is 16.9. The van der Waals surface area contributed by atoms with E-state index in [1.54, 1.807) is 38.5 Å². The van der Waals surface area contributed by atoms with Crippen LogP contribution in [0.3, 0.4) is 0 Å². The molecule has 6 rings (SSSR count). The monoisotopic (exact) mass is 614 g/mol. The van der Waals surface area contributed by atoms with Gasteiger partial charge in [0.2, 0.25) is 0 Å². The summed E-state index contributed by atoms with van der Waals surface area (Å²) < 4.78 is 12.3. The molecular formula is C38H32O4P2. The molecule has 0 bridgehead atoms. The van der Waals surface area contributed by atoms with Gasteiger partial charge in [0.05, 0.1) is 14.2 Å². The molecule has 0 fully saturated rings. The van der Waals surface area contributed by atoms with Crippen LogP contribution in [0.2, 0.25) is 0 Å². The molecule has 0 radical (unpaired) electrons. The summed E-state index contributed by atoms with van der Waals surface area (Å²) in [5.74, 6) is 1.93. The number of methoxy groups -OCH3 is 2. The smallest absolute Gasteiger partial charge is 0.127 e. The quantitative estimate of drug-likeness (QED) is 0.188. The van der Waals surface area contributed by atoms with Crippen molar-refractivity contribution < 1.29 is 19.7 Å². The van der Waals surface area contributed by atoms with Crippen molar-refractivity contribution in [2.24, 2.45) is 0 Å². The molecule has 0 atom stereocenters. The largest absolute Gasteiger partial charge is 0.508 e. The van der Waals surface area contributed by atoms with Crippen molar-refractivity contribution in [3.8, 4) is 34.1 Å². The first-order chi connectivity index (χ1) is 21.6. The number of phenolic OH excluding ortho intramolecular Hbond substituents is 2. The highest BCUT2D eigenvalue weighted by molar-refractivity contribution is 7.80. The predicted molar refractivity (Wildman–Crippen MR) is 186 cm³/mol. The van der Waals surface area contributed by atoms with E-state index < -0.39 is 15.8 Å². The van der Waals surface area contributed by atoms with E-state index in [0.29, 0.717) is 0 Å². The number of ether oxygens (including phenoxy) is 2. The Kier molecular flexibility index (Phi) is 8.94. The van der Waals surface area contributed by atoms with Crippen molar-refractivity contribution in [3.05, 3.63) is 146 Å². The maximum absolute atomic E-state index is 10.2. The number of phenols is 2. The predicted octanol–water partition coefficient (Wildman–Crippen LogP) is 6.30. The van der Waals surface area contributed by atoms with E-state index in [1.165, 1.54) is 10.6 Å². The third-order valence-electron chi connectivity index (χ3n) is 7.42. The van der Waals surface area contributed by atoms with E-state index in [2.05, 4.69) is 78.9 Å². The van der Waals surface area contributed by atoms with Gasteiger partial charge in [-0.3, -0.25) is 0 Å². The van der Waals surface area contributed by atoms with Gasteiger partial charge < -0.3 is 19.7 Å². The summed E-state index contributed by atoms with van der Waals surface area (Å²) in [5.41, 5.74) is 1.96. The Morgan fingerprint density at radius 2 is 0.727 bits per heavy atom. The van der Waals surface area contributed by atoms with Crippen LogP contribution >= 0.6 is 15.8 Å². The van der Waals surface area contributed by atoms with Crippen molar-refractivity contribution in [2.75, 3.05) is 14.2 Å². The zero-order chi connectivity index (χ0) is 30.5. The summed E-state index contributed by atoms with van der Waals surface area (Å²) in [5, 5.41) is 27.1. The van der Waals surface area contributed by atoms with Crippen LogP contribution in [0, 0.1) is 0 Å². The first kappa shape index (κ1) is 29.5. The van der Waals surface area contributed by atoms with E-state index in [-0.39, 0.29) is 11.5 Å². The molecule has 0 aliphatic heterocycles. The Morgan fingerprint density at radius 1 is 0.386 bits per heavy atom. The van der Waals surface area contributed by atoms with E-state index in [0.717, 1.165) is 43.8 Å². The third-order valence-corrected chi connectivity index (χ3v) is 12.4. The van der Waals surface area contributed by atoms with Crippen molar-refractivity contribution in [3.63, 3.8) is 0 Å². The fourth-order valence-electron chi connectivity index (χ4n) is 5.47. The number of hydrogen-bond acceptors (Lipinski definition) is 4. The molecule has 6 heteroatoms. The molecule has 0 amide bonds. The van der Waals surface area contributed by atoms with Gasteiger partial charge in [-0.05, 0) is 84.1 Å². The minimum atomic E-state index is -1.15. The van der Waals surface area contributed by atoms with Crippen LogP contribution in [0.4, 0.5) is 0 Å². The van der Waals surface area contributed by atoms with Gasteiger partial charge >= 0.3 is 0 Å². The molecule has 6 aromatic carbocycles.